The number of carbonyl (C=O) groups is 2. The Kier molecular flexibility index (Phi) is 8.45. The molecule has 1 saturated heterocycles. The van der Waals surface area contributed by atoms with E-state index in [-0.39, 0.29) is 28.9 Å². The van der Waals surface area contributed by atoms with E-state index in [1.807, 2.05) is 6.07 Å². The van der Waals surface area contributed by atoms with Crippen molar-refractivity contribution in [3.05, 3.63) is 79.9 Å². The highest BCUT2D eigenvalue weighted by molar-refractivity contribution is 5.90. The van der Waals surface area contributed by atoms with Gasteiger partial charge in [0, 0.05) is 37.8 Å². The van der Waals surface area contributed by atoms with Crippen LogP contribution in [0.5, 0.6) is 0 Å². The summed E-state index contributed by atoms with van der Waals surface area (Å²) in [4.78, 5) is 45.7. The van der Waals surface area contributed by atoms with E-state index in [2.05, 4.69) is 0 Å². The number of nitrogens with zero attached hydrogens (tertiary/aromatic N) is 3. The Morgan fingerprint density at radius 2 is 1.57 bits per heavy atom. The third-order valence-corrected chi connectivity index (χ3v) is 5.60. The lowest BCUT2D eigenvalue weighted by molar-refractivity contribution is -0.385. The van der Waals surface area contributed by atoms with Gasteiger partial charge in [0.15, 0.2) is 12.4 Å². The molecule has 4 atom stereocenters. The van der Waals surface area contributed by atoms with Crippen LogP contribution in [-0.2, 0) is 18.9 Å². The monoisotopic (exact) mass is 515 g/mol. The molecule has 194 valence electrons. The van der Waals surface area contributed by atoms with E-state index in [1.54, 1.807) is 0 Å². The van der Waals surface area contributed by atoms with E-state index in [0.717, 1.165) is 36.4 Å². The Labute approximate surface area is 209 Å². The lowest BCUT2D eigenvalue weighted by atomic mass is 9.84. The smallest absolute Gasteiger partial charge is 0.338 e. The number of methoxy groups -OCH3 is 1. The number of nitro groups is 2. The second-order valence-electron chi connectivity index (χ2n) is 8.01. The third kappa shape index (κ3) is 6.41. The molecular weight excluding hydrogens is 494 g/mol. The van der Waals surface area contributed by atoms with Crippen molar-refractivity contribution in [3.8, 4) is 6.07 Å². The van der Waals surface area contributed by atoms with Gasteiger partial charge in [-0.3, -0.25) is 20.2 Å². The molecule has 0 saturated carbocycles. The van der Waals surface area contributed by atoms with E-state index in [0.29, 0.717) is 0 Å². The molecule has 2 aromatic carbocycles. The van der Waals surface area contributed by atoms with Crippen LogP contribution in [0.25, 0.3) is 0 Å². The zero-order valence-electron chi connectivity index (χ0n) is 19.3. The number of benzene rings is 2. The van der Waals surface area contributed by atoms with Crippen LogP contribution in [-0.4, -0.2) is 64.7 Å². The zero-order chi connectivity index (χ0) is 27.2. The van der Waals surface area contributed by atoms with Gasteiger partial charge in [-0.1, -0.05) is 0 Å². The van der Waals surface area contributed by atoms with Crippen molar-refractivity contribution in [3.63, 3.8) is 0 Å². The molecule has 2 aromatic rings. The van der Waals surface area contributed by atoms with Gasteiger partial charge in [0.05, 0.1) is 33.5 Å². The lowest BCUT2D eigenvalue weighted by Gasteiger charge is -2.44. The fourth-order valence-corrected chi connectivity index (χ4v) is 3.69. The van der Waals surface area contributed by atoms with Gasteiger partial charge in [-0.15, -0.1) is 0 Å². The fraction of sp³-hybridized carbons (Fsp3) is 0.348. The summed E-state index contributed by atoms with van der Waals surface area (Å²) >= 11 is 0. The maximum Gasteiger partial charge on any atom is 0.338 e. The quantitative estimate of drug-likeness (QED) is 0.290. The number of nitro benzene ring substituents is 2. The van der Waals surface area contributed by atoms with Gasteiger partial charge in [-0.25, -0.2) is 9.59 Å². The summed E-state index contributed by atoms with van der Waals surface area (Å²) in [5.41, 5.74) is -2.50. The third-order valence-electron chi connectivity index (χ3n) is 5.60. The van der Waals surface area contributed by atoms with Gasteiger partial charge in [-0.2, -0.15) is 5.26 Å². The molecule has 0 spiro atoms. The number of esters is 2. The maximum absolute atomic E-state index is 12.8. The number of ether oxygens (including phenoxy) is 4. The molecule has 1 N–H and O–H groups in total. The normalized spacial score (nSPS) is 22.9. The number of hydrogen-bond acceptors (Lipinski definition) is 12. The highest BCUT2D eigenvalue weighted by atomic mass is 16.7. The van der Waals surface area contributed by atoms with Gasteiger partial charge < -0.3 is 24.1 Å². The molecular formula is C23H21N3O11. The van der Waals surface area contributed by atoms with E-state index in [4.69, 9.17) is 18.9 Å². The highest BCUT2D eigenvalue weighted by Crippen LogP contribution is 2.35. The SMILES string of the molecule is CO[C@@H]1C[C@](O)(CC#N)[C@H](OC(=O)c2ccc([N+](=O)[O-])cc2)[C@@H](COC(=O)c2ccc([N+](=O)[O-])cc2)O1. The maximum atomic E-state index is 12.8. The predicted octanol–water partition coefficient (Wildman–Crippen LogP) is 2.29. The van der Waals surface area contributed by atoms with Crippen LogP contribution >= 0.6 is 0 Å². The molecule has 0 radical (unpaired) electrons. The second-order valence-corrected chi connectivity index (χ2v) is 8.01. The minimum absolute atomic E-state index is 0.00332. The lowest BCUT2D eigenvalue weighted by Crippen LogP contribution is -2.60. The molecule has 1 fully saturated rings. The Hall–Kier alpha value is -4.45. The van der Waals surface area contributed by atoms with E-state index < -0.39 is 58.9 Å². The first-order valence-corrected chi connectivity index (χ1v) is 10.7. The fourth-order valence-electron chi connectivity index (χ4n) is 3.69. The molecule has 14 heteroatoms. The molecule has 3 rings (SSSR count). The molecule has 37 heavy (non-hydrogen) atoms. The molecule has 1 aliphatic rings. The van der Waals surface area contributed by atoms with Gasteiger partial charge >= 0.3 is 11.9 Å². The first kappa shape index (κ1) is 27.1. The number of aliphatic hydroxyl groups is 1. The topological polar surface area (TPSA) is 201 Å². The largest absolute Gasteiger partial charge is 0.459 e. The molecule has 14 nitrogen and oxygen atoms in total. The van der Waals surface area contributed by atoms with Crippen LogP contribution in [0.3, 0.4) is 0 Å². The summed E-state index contributed by atoms with van der Waals surface area (Å²) in [5.74, 6) is -1.84. The van der Waals surface area contributed by atoms with Crippen LogP contribution in [0.4, 0.5) is 11.4 Å². The number of hydrogen-bond donors (Lipinski definition) is 1. The minimum atomic E-state index is -1.95. The molecule has 1 aliphatic heterocycles. The van der Waals surface area contributed by atoms with Gasteiger partial charge in [-0.05, 0) is 24.3 Å². The van der Waals surface area contributed by atoms with Crippen molar-refractivity contribution < 1.29 is 43.5 Å². The number of rotatable bonds is 9. The summed E-state index contributed by atoms with van der Waals surface area (Å²) in [7, 11) is 1.29. The summed E-state index contributed by atoms with van der Waals surface area (Å²) < 4.78 is 21.6. The second kappa shape index (κ2) is 11.5. The highest BCUT2D eigenvalue weighted by Gasteiger charge is 2.52. The molecule has 0 aromatic heterocycles. The zero-order valence-corrected chi connectivity index (χ0v) is 19.3. The van der Waals surface area contributed by atoms with Crippen LogP contribution < -0.4 is 0 Å². The average Bonchev–Trinajstić information content (AvgIpc) is 2.88. The van der Waals surface area contributed by atoms with Crippen molar-refractivity contribution in [2.45, 2.75) is 36.9 Å². The molecule has 0 bridgehead atoms. The summed E-state index contributed by atoms with van der Waals surface area (Å²) in [6, 6.07) is 11.0. The van der Waals surface area contributed by atoms with Crippen molar-refractivity contribution in [1.82, 2.24) is 0 Å². The Morgan fingerprint density at radius 1 is 1.05 bits per heavy atom. The van der Waals surface area contributed by atoms with Crippen LogP contribution in [0.15, 0.2) is 48.5 Å². The van der Waals surface area contributed by atoms with Crippen molar-refractivity contribution in [2.75, 3.05) is 13.7 Å². The van der Waals surface area contributed by atoms with E-state index in [1.165, 1.54) is 19.2 Å². The molecule has 0 unspecified atom stereocenters. The first-order chi connectivity index (χ1) is 17.6. The van der Waals surface area contributed by atoms with Crippen LogP contribution in [0.1, 0.15) is 33.6 Å². The number of nitriles is 1. The molecule has 0 aliphatic carbocycles. The van der Waals surface area contributed by atoms with Crippen molar-refractivity contribution >= 4 is 23.3 Å². The Balaban J connectivity index is 1.81. The summed E-state index contributed by atoms with van der Waals surface area (Å²) in [6.45, 7) is -0.540. The average molecular weight is 515 g/mol. The first-order valence-electron chi connectivity index (χ1n) is 10.7. The Morgan fingerprint density at radius 3 is 2.03 bits per heavy atom. The number of non-ortho nitro benzene ring substituents is 2. The Bertz CT molecular complexity index is 1210. The number of carbonyl (C=O) groups excluding carboxylic acids is 2. The molecule has 1 heterocycles. The van der Waals surface area contributed by atoms with Gasteiger partial charge in [0.2, 0.25) is 0 Å². The van der Waals surface area contributed by atoms with Gasteiger partial charge in [0.1, 0.15) is 18.3 Å². The van der Waals surface area contributed by atoms with Crippen LogP contribution in [0, 0.1) is 31.6 Å². The van der Waals surface area contributed by atoms with Gasteiger partial charge in [0.25, 0.3) is 11.4 Å². The van der Waals surface area contributed by atoms with Crippen LogP contribution in [0.2, 0.25) is 0 Å². The van der Waals surface area contributed by atoms with Crippen molar-refractivity contribution in [2.24, 2.45) is 0 Å². The summed E-state index contributed by atoms with van der Waals surface area (Å²) in [6.07, 6.45) is -4.54. The predicted molar refractivity (Wildman–Crippen MR) is 121 cm³/mol. The minimum Gasteiger partial charge on any atom is -0.459 e. The van der Waals surface area contributed by atoms with E-state index in [9.17, 15) is 40.2 Å². The molecule has 0 amide bonds. The van der Waals surface area contributed by atoms with Crippen molar-refractivity contribution in [1.29, 1.82) is 5.26 Å². The van der Waals surface area contributed by atoms with E-state index >= 15 is 0 Å². The summed E-state index contributed by atoms with van der Waals surface area (Å²) in [5, 5.41) is 42.2. The standard InChI is InChI=1S/C23H21N3O11/c1-34-19-12-23(29,10-11-24)20(37-22(28)15-4-8-17(9-5-15)26(32)33)18(36-19)13-35-21(27)14-2-6-16(7-3-14)25(30)31/h2-9,18-20,29H,10,12-13H2,1H3/t18-,19+,20-,23-/m1/s1.